The zero-order chi connectivity index (χ0) is 16.4. The highest BCUT2D eigenvalue weighted by Gasteiger charge is 2.29. The molecule has 24 heavy (non-hydrogen) atoms. The Hall–Kier alpha value is -2.39. The SMILES string of the molecule is N#Cc1ccc(N2CCCN(Cc3nnc(C4CC4)o3)CC2)cc1. The summed E-state index contributed by atoms with van der Waals surface area (Å²) in [5.74, 6) is 2.07. The predicted octanol–water partition coefficient (Wildman–Crippen LogP) is 2.53. The molecule has 1 aromatic heterocycles. The van der Waals surface area contributed by atoms with Gasteiger partial charge in [0.1, 0.15) is 0 Å². The molecule has 1 aliphatic carbocycles. The monoisotopic (exact) mass is 323 g/mol. The number of rotatable bonds is 4. The number of aromatic nitrogens is 2. The van der Waals surface area contributed by atoms with Crippen molar-refractivity contribution in [3.8, 4) is 6.07 Å². The largest absolute Gasteiger partial charge is 0.424 e. The summed E-state index contributed by atoms with van der Waals surface area (Å²) in [5.41, 5.74) is 1.89. The van der Waals surface area contributed by atoms with Crippen molar-refractivity contribution < 1.29 is 4.42 Å². The van der Waals surface area contributed by atoms with Gasteiger partial charge in [-0.05, 0) is 43.5 Å². The zero-order valence-electron chi connectivity index (χ0n) is 13.7. The summed E-state index contributed by atoms with van der Waals surface area (Å²) < 4.78 is 5.78. The van der Waals surface area contributed by atoms with Gasteiger partial charge in [-0.15, -0.1) is 10.2 Å². The minimum absolute atomic E-state index is 0.516. The molecule has 0 spiro atoms. The molecule has 1 saturated carbocycles. The Balaban J connectivity index is 1.35. The molecule has 1 saturated heterocycles. The van der Waals surface area contributed by atoms with Crippen LogP contribution in [-0.2, 0) is 6.54 Å². The first-order valence-corrected chi connectivity index (χ1v) is 8.61. The minimum atomic E-state index is 0.516. The molecule has 6 heteroatoms. The second-order valence-electron chi connectivity index (χ2n) is 6.58. The maximum atomic E-state index is 8.91. The van der Waals surface area contributed by atoms with Gasteiger partial charge in [-0.1, -0.05) is 0 Å². The Bertz CT molecular complexity index is 729. The van der Waals surface area contributed by atoms with E-state index in [9.17, 15) is 0 Å². The second-order valence-corrected chi connectivity index (χ2v) is 6.58. The van der Waals surface area contributed by atoms with Gasteiger partial charge in [-0.25, -0.2) is 0 Å². The molecule has 2 aliphatic rings. The van der Waals surface area contributed by atoms with Gasteiger partial charge in [0.25, 0.3) is 0 Å². The number of hydrogen-bond donors (Lipinski definition) is 0. The number of nitrogens with zero attached hydrogens (tertiary/aromatic N) is 5. The van der Waals surface area contributed by atoms with Gasteiger partial charge in [0.15, 0.2) is 0 Å². The van der Waals surface area contributed by atoms with Crippen LogP contribution in [0.15, 0.2) is 28.7 Å². The first-order chi connectivity index (χ1) is 11.8. The Morgan fingerprint density at radius 3 is 2.67 bits per heavy atom. The van der Waals surface area contributed by atoms with Crippen molar-refractivity contribution in [2.45, 2.75) is 31.7 Å². The van der Waals surface area contributed by atoms with E-state index in [1.807, 2.05) is 24.3 Å². The summed E-state index contributed by atoms with van der Waals surface area (Å²) >= 11 is 0. The molecule has 4 rings (SSSR count). The Morgan fingerprint density at radius 2 is 1.92 bits per heavy atom. The molecule has 6 nitrogen and oxygen atoms in total. The summed E-state index contributed by atoms with van der Waals surface area (Å²) in [7, 11) is 0. The molecule has 124 valence electrons. The summed E-state index contributed by atoms with van der Waals surface area (Å²) in [5, 5.41) is 17.3. The average molecular weight is 323 g/mol. The lowest BCUT2D eigenvalue weighted by Crippen LogP contribution is -2.30. The topological polar surface area (TPSA) is 69.2 Å². The van der Waals surface area contributed by atoms with E-state index in [4.69, 9.17) is 9.68 Å². The van der Waals surface area contributed by atoms with Gasteiger partial charge >= 0.3 is 0 Å². The summed E-state index contributed by atoms with van der Waals surface area (Å²) in [6, 6.07) is 10.0. The van der Waals surface area contributed by atoms with Crippen LogP contribution in [0.5, 0.6) is 0 Å². The van der Waals surface area contributed by atoms with Crippen LogP contribution in [0.4, 0.5) is 5.69 Å². The van der Waals surface area contributed by atoms with Crippen LogP contribution in [-0.4, -0.2) is 41.3 Å². The van der Waals surface area contributed by atoms with E-state index in [0.717, 1.165) is 50.9 Å². The van der Waals surface area contributed by atoms with Crippen molar-refractivity contribution >= 4 is 5.69 Å². The van der Waals surface area contributed by atoms with Crippen LogP contribution >= 0.6 is 0 Å². The molecule has 1 aliphatic heterocycles. The first-order valence-electron chi connectivity index (χ1n) is 8.61. The fourth-order valence-electron chi connectivity index (χ4n) is 3.15. The lowest BCUT2D eigenvalue weighted by Gasteiger charge is -2.23. The highest BCUT2D eigenvalue weighted by molar-refractivity contribution is 5.49. The van der Waals surface area contributed by atoms with Crippen molar-refractivity contribution in [2.24, 2.45) is 0 Å². The predicted molar refractivity (Wildman–Crippen MR) is 89.5 cm³/mol. The van der Waals surface area contributed by atoms with Gasteiger partial charge in [-0.3, -0.25) is 4.90 Å². The first kappa shape index (κ1) is 15.2. The third-order valence-corrected chi connectivity index (χ3v) is 4.72. The van der Waals surface area contributed by atoms with Crippen molar-refractivity contribution in [3.63, 3.8) is 0 Å². The van der Waals surface area contributed by atoms with Gasteiger partial charge in [0.2, 0.25) is 11.8 Å². The minimum Gasteiger partial charge on any atom is -0.424 e. The van der Waals surface area contributed by atoms with E-state index in [1.54, 1.807) is 0 Å². The Labute approximate surface area is 141 Å². The van der Waals surface area contributed by atoms with Crippen molar-refractivity contribution in [1.29, 1.82) is 5.26 Å². The fourth-order valence-corrected chi connectivity index (χ4v) is 3.15. The molecule has 0 amide bonds. The molecule has 1 aromatic carbocycles. The third kappa shape index (κ3) is 3.41. The molecule has 0 atom stereocenters. The van der Waals surface area contributed by atoms with E-state index in [0.29, 0.717) is 11.5 Å². The molecule has 0 bridgehead atoms. The maximum Gasteiger partial charge on any atom is 0.230 e. The van der Waals surface area contributed by atoms with Crippen molar-refractivity contribution in [2.75, 3.05) is 31.1 Å². The smallest absolute Gasteiger partial charge is 0.230 e. The number of hydrogen-bond acceptors (Lipinski definition) is 6. The molecule has 0 N–H and O–H groups in total. The molecule has 0 unspecified atom stereocenters. The quantitative estimate of drug-likeness (QED) is 0.861. The van der Waals surface area contributed by atoms with Gasteiger partial charge < -0.3 is 9.32 Å². The number of nitriles is 1. The normalized spacial score (nSPS) is 19.0. The number of benzene rings is 1. The van der Waals surface area contributed by atoms with Crippen LogP contribution in [0.1, 0.15) is 42.5 Å². The summed E-state index contributed by atoms with van der Waals surface area (Å²) in [6.07, 6.45) is 3.47. The van der Waals surface area contributed by atoms with Crippen LogP contribution in [0.2, 0.25) is 0 Å². The van der Waals surface area contributed by atoms with Crippen LogP contribution in [0.3, 0.4) is 0 Å². The van der Waals surface area contributed by atoms with Gasteiger partial charge in [0, 0.05) is 37.8 Å². The fraction of sp³-hybridized carbons (Fsp3) is 0.500. The average Bonchev–Trinajstić information content (AvgIpc) is 3.40. The van der Waals surface area contributed by atoms with Crippen LogP contribution in [0, 0.1) is 11.3 Å². The van der Waals surface area contributed by atoms with Crippen molar-refractivity contribution in [3.05, 3.63) is 41.6 Å². The third-order valence-electron chi connectivity index (χ3n) is 4.72. The molecule has 2 heterocycles. The standard InChI is InChI=1S/C18H21N5O/c19-12-14-2-6-16(7-3-14)23-9-1-8-22(10-11-23)13-17-20-21-18(24-17)15-4-5-15/h2-3,6-7,15H,1,4-5,8-11,13H2. The van der Waals surface area contributed by atoms with E-state index in [-0.39, 0.29) is 0 Å². The molecule has 2 fully saturated rings. The van der Waals surface area contributed by atoms with E-state index in [2.05, 4.69) is 26.1 Å². The van der Waals surface area contributed by atoms with Crippen LogP contribution in [0.25, 0.3) is 0 Å². The highest BCUT2D eigenvalue weighted by Crippen LogP contribution is 2.39. The number of anilines is 1. The maximum absolute atomic E-state index is 8.91. The highest BCUT2D eigenvalue weighted by atomic mass is 16.4. The molecular formula is C18H21N5O. The second kappa shape index (κ2) is 6.62. The van der Waals surface area contributed by atoms with E-state index >= 15 is 0 Å². The van der Waals surface area contributed by atoms with Crippen LogP contribution < -0.4 is 4.90 Å². The lowest BCUT2D eigenvalue weighted by atomic mass is 10.2. The Kier molecular flexibility index (Phi) is 4.18. The lowest BCUT2D eigenvalue weighted by molar-refractivity contribution is 0.252. The Morgan fingerprint density at radius 1 is 1.08 bits per heavy atom. The summed E-state index contributed by atoms with van der Waals surface area (Å²) in [4.78, 5) is 4.76. The summed E-state index contributed by atoms with van der Waals surface area (Å²) in [6.45, 7) is 4.74. The van der Waals surface area contributed by atoms with E-state index in [1.165, 1.54) is 18.5 Å². The van der Waals surface area contributed by atoms with E-state index < -0.39 is 0 Å². The molecule has 0 radical (unpaired) electrons. The molecule has 2 aromatic rings. The van der Waals surface area contributed by atoms with Crippen molar-refractivity contribution in [1.82, 2.24) is 15.1 Å². The zero-order valence-corrected chi connectivity index (χ0v) is 13.7. The molecular weight excluding hydrogens is 302 g/mol. The van der Waals surface area contributed by atoms with Gasteiger partial charge in [0.05, 0.1) is 18.2 Å². The van der Waals surface area contributed by atoms with Gasteiger partial charge in [-0.2, -0.15) is 5.26 Å².